The van der Waals surface area contributed by atoms with Crippen LogP contribution in [0.25, 0.3) is 0 Å². The van der Waals surface area contributed by atoms with Gasteiger partial charge in [-0.2, -0.15) is 0 Å². The van der Waals surface area contributed by atoms with Gasteiger partial charge in [-0.25, -0.2) is 0 Å². The van der Waals surface area contributed by atoms with Crippen LogP contribution in [0.5, 0.6) is 0 Å². The van der Waals surface area contributed by atoms with Gasteiger partial charge in [0.25, 0.3) is 0 Å². The van der Waals surface area contributed by atoms with Crippen LogP contribution in [0.4, 0.5) is 0 Å². The van der Waals surface area contributed by atoms with Gasteiger partial charge in [-0.15, -0.1) is 11.8 Å². The van der Waals surface area contributed by atoms with Crippen molar-refractivity contribution < 1.29 is 9.53 Å². The zero-order chi connectivity index (χ0) is 9.15. The molecule has 74 valence electrons. The molecule has 0 aromatic rings. The van der Waals surface area contributed by atoms with Gasteiger partial charge in [-0.3, -0.25) is 0 Å². The van der Waals surface area contributed by atoms with Crippen LogP contribution >= 0.6 is 11.8 Å². The van der Waals surface area contributed by atoms with Crippen molar-refractivity contribution in [2.45, 2.75) is 30.4 Å². The van der Waals surface area contributed by atoms with Crippen LogP contribution in [0.15, 0.2) is 0 Å². The van der Waals surface area contributed by atoms with Crippen LogP contribution in [-0.4, -0.2) is 30.0 Å². The maximum atomic E-state index is 11.2. The fraction of sp³-hybridized carbons (Fsp3) is 0.900. The monoisotopic (exact) mass is 200 g/mol. The van der Waals surface area contributed by atoms with Crippen molar-refractivity contribution in [2.75, 3.05) is 19.0 Å². The zero-order valence-corrected chi connectivity index (χ0v) is 8.65. The highest BCUT2D eigenvalue weighted by molar-refractivity contribution is 8.01. The summed E-state index contributed by atoms with van der Waals surface area (Å²) in [6.07, 6.45) is 5.74. The van der Waals surface area contributed by atoms with Crippen LogP contribution in [0.3, 0.4) is 0 Å². The Morgan fingerprint density at radius 1 is 1.46 bits per heavy atom. The summed E-state index contributed by atoms with van der Waals surface area (Å²) in [6, 6.07) is 0. The lowest BCUT2D eigenvalue weighted by Gasteiger charge is -2.34. The standard InChI is InChI=1S/C10H16O2S/c11-8-10(4-2-6-13-10)9-3-1-5-12-7-9/h8-9H,1-7H2. The van der Waals surface area contributed by atoms with E-state index in [4.69, 9.17) is 4.74 Å². The Morgan fingerprint density at radius 3 is 2.92 bits per heavy atom. The highest BCUT2D eigenvalue weighted by atomic mass is 32.2. The number of carbonyl (C=O) groups excluding carboxylic acids is 1. The fourth-order valence-corrected chi connectivity index (χ4v) is 3.77. The van der Waals surface area contributed by atoms with E-state index in [2.05, 4.69) is 0 Å². The summed E-state index contributed by atoms with van der Waals surface area (Å²) in [5, 5.41) is 0. The number of thioether (sulfide) groups is 1. The topological polar surface area (TPSA) is 26.3 Å². The third-order valence-corrected chi connectivity index (χ3v) is 4.80. The summed E-state index contributed by atoms with van der Waals surface area (Å²) in [5.74, 6) is 1.63. The fourth-order valence-electron chi connectivity index (χ4n) is 2.32. The molecule has 0 saturated carbocycles. The molecule has 2 unspecified atom stereocenters. The summed E-state index contributed by atoms with van der Waals surface area (Å²) in [4.78, 5) is 11.2. The third-order valence-electron chi connectivity index (χ3n) is 3.13. The second-order valence-electron chi connectivity index (χ2n) is 3.94. The van der Waals surface area contributed by atoms with E-state index in [1.165, 1.54) is 19.1 Å². The van der Waals surface area contributed by atoms with Crippen molar-refractivity contribution in [3.63, 3.8) is 0 Å². The molecule has 0 aliphatic carbocycles. The molecule has 2 atom stereocenters. The van der Waals surface area contributed by atoms with Gasteiger partial charge in [-0.05, 0) is 31.4 Å². The first-order chi connectivity index (χ1) is 6.37. The molecule has 0 radical (unpaired) electrons. The number of hydrogen-bond acceptors (Lipinski definition) is 3. The van der Waals surface area contributed by atoms with Gasteiger partial charge in [0.2, 0.25) is 0 Å². The number of hydrogen-bond donors (Lipinski definition) is 0. The van der Waals surface area contributed by atoms with E-state index in [1.807, 2.05) is 11.8 Å². The van der Waals surface area contributed by atoms with Crippen molar-refractivity contribution in [3.05, 3.63) is 0 Å². The molecule has 3 heteroatoms. The van der Waals surface area contributed by atoms with E-state index < -0.39 is 0 Å². The Kier molecular flexibility index (Phi) is 2.94. The summed E-state index contributed by atoms with van der Waals surface area (Å²) in [5.41, 5.74) is 0. The number of rotatable bonds is 2. The van der Waals surface area contributed by atoms with Crippen LogP contribution in [0.2, 0.25) is 0 Å². The quantitative estimate of drug-likeness (QED) is 0.637. The molecule has 13 heavy (non-hydrogen) atoms. The van der Waals surface area contributed by atoms with Crippen LogP contribution in [0, 0.1) is 5.92 Å². The first-order valence-electron chi connectivity index (χ1n) is 5.05. The van der Waals surface area contributed by atoms with Gasteiger partial charge >= 0.3 is 0 Å². The molecule has 0 bridgehead atoms. The Hall–Kier alpha value is -0.0200. The first-order valence-corrected chi connectivity index (χ1v) is 6.04. The molecule has 2 rings (SSSR count). The first kappa shape index (κ1) is 9.53. The second-order valence-corrected chi connectivity index (χ2v) is 5.40. The predicted octanol–water partition coefficient (Wildman–Crippen LogP) is 1.88. The minimum absolute atomic E-state index is 0.0829. The van der Waals surface area contributed by atoms with Crippen molar-refractivity contribution in [2.24, 2.45) is 5.92 Å². The molecule has 2 aliphatic heterocycles. The van der Waals surface area contributed by atoms with Crippen LogP contribution in [0.1, 0.15) is 25.7 Å². The highest BCUT2D eigenvalue weighted by Crippen LogP contribution is 2.44. The minimum Gasteiger partial charge on any atom is -0.381 e. The predicted molar refractivity (Wildman–Crippen MR) is 54.0 cm³/mol. The summed E-state index contributed by atoms with van der Waals surface area (Å²) < 4.78 is 5.37. The minimum atomic E-state index is -0.0829. The van der Waals surface area contributed by atoms with E-state index >= 15 is 0 Å². The smallest absolute Gasteiger partial charge is 0.136 e. The largest absolute Gasteiger partial charge is 0.381 e. The van der Waals surface area contributed by atoms with E-state index in [0.717, 1.165) is 31.8 Å². The number of aldehydes is 1. The van der Waals surface area contributed by atoms with Gasteiger partial charge in [0.05, 0.1) is 11.4 Å². The third kappa shape index (κ3) is 1.77. The number of carbonyl (C=O) groups is 1. The summed E-state index contributed by atoms with van der Waals surface area (Å²) in [6.45, 7) is 1.68. The van der Waals surface area contributed by atoms with E-state index in [9.17, 15) is 4.79 Å². The molecule has 0 spiro atoms. The average molecular weight is 200 g/mol. The zero-order valence-electron chi connectivity index (χ0n) is 7.83. The second kappa shape index (κ2) is 4.01. The molecule has 2 aliphatic rings. The Balaban J connectivity index is 2.05. The van der Waals surface area contributed by atoms with Gasteiger partial charge in [0.1, 0.15) is 6.29 Å². The van der Waals surface area contributed by atoms with E-state index in [1.54, 1.807) is 0 Å². The molecule has 2 heterocycles. The molecule has 2 saturated heterocycles. The lowest BCUT2D eigenvalue weighted by atomic mass is 9.85. The highest BCUT2D eigenvalue weighted by Gasteiger charge is 2.42. The molecule has 2 fully saturated rings. The maximum absolute atomic E-state index is 11.2. The van der Waals surface area contributed by atoms with Crippen LogP contribution in [-0.2, 0) is 9.53 Å². The summed E-state index contributed by atoms with van der Waals surface area (Å²) >= 11 is 1.85. The normalized spacial score (nSPS) is 40.5. The van der Waals surface area contributed by atoms with Crippen molar-refractivity contribution in [1.82, 2.24) is 0 Å². The molecule has 0 amide bonds. The van der Waals surface area contributed by atoms with Gasteiger partial charge < -0.3 is 9.53 Å². The lowest BCUT2D eigenvalue weighted by molar-refractivity contribution is -0.112. The average Bonchev–Trinajstić information content (AvgIpc) is 2.69. The lowest BCUT2D eigenvalue weighted by Crippen LogP contribution is -2.39. The maximum Gasteiger partial charge on any atom is 0.136 e. The van der Waals surface area contributed by atoms with Crippen molar-refractivity contribution >= 4 is 18.0 Å². The molecular weight excluding hydrogens is 184 g/mol. The Labute approximate surface area is 83.4 Å². The van der Waals surface area contributed by atoms with Gasteiger partial charge in [0, 0.05) is 12.5 Å². The SMILES string of the molecule is O=CC1(C2CCCOC2)CCCS1. The molecule has 0 N–H and O–H groups in total. The molecule has 0 aromatic carbocycles. The van der Waals surface area contributed by atoms with E-state index in [-0.39, 0.29) is 4.75 Å². The molecule has 0 aromatic heterocycles. The van der Waals surface area contributed by atoms with E-state index in [0.29, 0.717) is 5.92 Å². The molecule has 2 nitrogen and oxygen atoms in total. The Morgan fingerprint density at radius 2 is 2.38 bits per heavy atom. The van der Waals surface area contributed by atoms with Gasteiger partial charge in [0.15, 0.2) is 0 Å². The number of ether oxygens (including phenoxy) is 1. The summed E-state index contributed by atoms with van der Waals surface area (Å²) in [7, 11) is 0. The van der Waals surface area contributed by atoms with Crippen molar-refractivity contribution in [3.8, 4) is 0 Å². The van der Waals surface area contributed by atoms with Crippen molar-refractivity contribution in [1.29, 1.82) is 0 Å². The van der Waals surface area contributed by atoms with Crippen LogP contribution < -0.4 is 0 Å². The van der Waals surface area contributed by atoms with Gasteiger partial charge in [-0.1, -0.05) is 0 Å². The Bertz CT molecular complexity index is 181. The molecular formula is C10H16O2S.